The summed E-state index contributed by atoms with van der Waals surface area (Å²) in [6, 6.07) is 0. The maximum atomic E-state index is 10.1. The van der Waals surface area contributed by atoms with Crippen LogP contribution in [0.3, 0.4) is 0 Å². The maximum absolute atomic E-state index is 10.1. The van der Waals surface area contributed by atoms with Crippen molar-refractivity contribution in [3.63, 3.8) is 0 Å². The van der Waals surface area contributed by atoms with Gasteiger partial charge in [0.25, 0.3) is 5.67 Å². The largest absolute Gasteiger partial charge is 0.300 e. The van der Waals surface area contributed by atoms with Crippen LogP contribution in [0.4, 0.5) is 0 Å². The van der Waals surface area contributed by atoms with Crippen molar-refractivity contribution < 1.29 is 0 Å². The van der Waals surface area contributed by atoms with E-state index < -0.39 is 32.3 Å². The third-order valence-corrected chi connectivity index (χ3v) is 15.7. The lowest BCUT2D eigenvalue weighted by atomic mass is 10.3. The molecule has 2 nitrogen and oxygen atoms in total. The fourth-order valence-electron chi connectivity index (χ4n) is 4.57. The quantitative estimate of drug-likeness (QED) is 0.417. The van der Waals surface area contributed by atoms with E-state index in [9.17, 15) is 5.39 Å². The van der Waals surface area contributed by atoms with Crippen LogP contribution in [-0.2, 0) is 0 Å². The number of diazo groups is 1. The average Bonchev–Trinajstić information content (AvgIpc) is 2.85. The number of hydrogen-bond acceptors (Lipinski definition) is 1. The molecule has 0 radical (unpaired) electrons. The first-order valence-electron chi connectivity index (χ1n) is 8.54. The summed E-state index contributed by atoms with van der Waals surface area (Å²) < 4.78 is 0. The molecule has 1 rings (SSSR count). The Balaban J connectivity index is 3.71. The Bertz CT molecular complexity index is 507. The van der Waals surface area contributed by atoms with E-state index in [-0.39, 0.29) is 10.7 Å². The molecule has 1 atom stereocenters. The van der Waals surface area contributed by atoms with Crippen molar-refractivity contribution in [3.05, 3.63) is 15.4 Å². The summed E-state index contributed by atoms with van der Waals surface area (Å²) in [5.74, 6) is 0. The molecular formula is C16H37N2Si4+. The number of nitrogens with zero attached hydrogens (tertiary/aromatic N) is 2. The lowest BCUT2D eigenvalue weighted by Gasteiger charge is -2.39. The first kappa shape index (κ1) is 20.1. The molecule has 1 unspecified atom stereocenters. The van der Waals surface area contributed by atoms with Gasteiger partial charge >= 0.3 is 0 Å². The Morgan fingerprint density at radius 1 is 0.727 bits per heavy atom. The van der Waals surface area contributed by atoms with Gasteiger partial charge in [-0.2, -0.15) is 0 Å². The van der Waals surface area contributed by atoms with E-state index in [0.29, 0.717) is 0 Å². The molecule has 0 saturated carbocycles. The first-order valence-corrected chi connectivity index (χ1v) is 22.6. The molecule has 0 fully saturated rings. The molecule has 126 valence electrons. The SMILES string of the molecule is C[Si](C)(C)C1=C([Si](C)(C)C)C1(C([N+]#N)[Si](C)(C)C)[Si](C)(C)C. The highest BCUT2D eigenvalue weighted by atomic mass is 28.3. The molecule has 0 aromatic rings. The normalized spacial score (nSPS) is 20.7. The third kappa shape index (κ3) is 3.02. The molecule has 1 aliphatic carbocycles. The van der Waals surface area contributed by atoms with Crippen molar-refractivity contribution in [3.8, 4) is 0 Å². The van der Waals surface area contributed by atoms with Gasteiger partial charge in [0.2, 0.25) is 5.39 Å². The summed E-state index contributed by atoms with van der Waals surface area (Å²) in [6.07, 6.45) is 0. The molecule has 0 aromatic carbocycles. The van der Waals surface area contributed by atoms with Gasteiger partial charge in [-0.25, -0.2) is 0 Å². The minimum absolute atomic E-state index is 0.148. The predicted molar refractivity (Wildman–Crippen MR) is 112 cm³/mol. The summed E-state index contributed by atoms with van der Waals surface area (Å²) in [7, 11) is -5.93. The van der Waals surface area contributed by atoms with E-state index in [2.05, 4.69) is 83.5 Å². The van der Waals surface area contributed by atoms with E-state index >= 15 is 0 Å². The van der Waals surface area contributed by atoms with Gasteiger partial charge in [-0.05, 0) is 0 Å². The average molecular weight is 370 g/mol. The van der Waals surface area contributed by atoms with Crippen LogP contribution >= 0.6 is 0 Å². The van der Waals surface area contributed by atoms with Gasteiger partial charge in [-0.1, -0.05) is 89.0 Å². The van der Waals surface area contributed by atoms with Gasteiger partial charge in [-0.15, -0.1) is 0 Å². The van der Waals surface area contributed by atoms with Gasteiger partial charge in [0.1, 0.15) is 4.98 Å². The van der Waals surface area contributed by atoms with Crippen molar-refractivity contribution in [2.75, 3.05) is 0 Å². The topological polar surface area (TPSA) is 28.1 Å². The zero-order valence-electron chi connectivity index (χ0n) is 17.0. The smallest absolute Gasteiger partial charge is 0.0705 e. The van der Waals surface area contributed by atoms with Crippen molar-refractivity contribution in [1.29, 1.82) is 5.39 Å². The van der Waals surface area contributed by atoms with Crippen molar-refractivity contribution in [2.45, 2.75) is 89.3 Å². The fourth-order valence-corrected chi connectivity index (χ4v) is 23.7. The summed E-state index contributed by atoms with van der Waals surface area (Å²) in [4.78, 5) is 4.09. The Morgan fingerprint density at radius 3 is 1.18 bits per heavy atom. The molecular weight excluding hydrogens is 333 g/mol. The molecule has 6 heteroatoms. The second-order valence-electron chi connectivity index (χ2n) is 11.2. The van der Waals surface area contributed by atoms with E-state index in [1.165, 1.54) is 0 Å². The van der Waals surface area contributed by atoms with Gasteiger partial charge in [0.05, 0.1) is 29.3 Å². The summed E-state index contributed by atoms with van der Waals surface area (Å²) in [5, 5.41) is 13.8. The number of hydrogen-bond donors (Lipinski definition) is 0. The Kier molecular flexibility index (Phi) is 4.80. The van der Waals surface area contributed by atoms with Crippen molar-refractivity contribution in [2.24, 2.45) is 0 Å². The number of rotatable bonds is 5. The molecule has 0 aliphatic heterocycles. The molecule has 1 aliphatic rings. The van der Waals surface area contributed by atoms with Gasteiger partial charge < -0.3 is 0 Å². The molecule has 0 amide bonds. The molecule has 0 saturated heterocycles. The standard InChI is InChI=1S/C16H37N2Si4/c1-19(2,3)13-14(20(4,5)6)16(13,22(10,11)12)15(18-17)21(7,8)9/h15H,1-12H3/q+1. The zero-order valence-corrected chi connectivity index (χ0v) is 21.0. The molecule has 0 heterocycles. The Hall–Kier alpha value is 0.0275. The summed E-state index contributed by atoms with van der Waals surface area (Å²) >= 11 is 0. The van der Waals surface area contributed by atoms with Crippen LogP contribution in [-0.4, -0.2) is 38.0 Å². The highest BCUT2D eigenvalue weighted by molar-refractivity contribution is 7.01. The molecule has 22 heavy (non-hydrogen) atoms. The monoisotopic (exact) mass is 369 g/mol. The van der Waals surface area contributed by atoms with Crippen molar-refractivity contribution >= 4 is 32.3 Å². The minimum atomic E-state index is -1.59. The van der Waals surface area contributed by atoms with Crippen LogP contribution in [0.1, 0.15) is 0 Å². The lowest BCUT2D eigenvalue weighted by Crippen LogP contribution is -2.53. The maximum Gasteiger partial charge on any atom is 0.300 e. The van der Waals surface area contributed by atoms with Crippen LogP contribution in [0.25, 0.3) is 4.98 Å². The lowest BCUT2D eigenvalue weighted by molar-refractivity contribution is 0.844. The third-order valence-electron chi connectivity index (χ3n) is 5.01. The van der Waals surface area contributed by atoms with Crippen LogP contribution < -0.4 is 0 Å². The van der Waals surface area contributed by atoms with Gasteiger partial charge in [0, 0.05) is 0 Å². The van der Waals surface area contributed by atoms with Crippen LogP contribution in [0.15, 0.2) is 10.4 Å². The Morgan fingerprint density at radius 2 is 1.05 bits per heavy atom. The van der Waals surface area contributed by atoms with E-state index in [0.717, 1.165) is 0 Å². The second kappa shape index (κ2) is 5.26. The van der Waals surface area contributed by atoms with E-state index in [1.807, 2.05) is 0 Å². The Labute approximate surface area is 142 Å². The summed E-state index contributed by atoms with van der Waals surface area (Å²) in [5.41, 5.74) is 0.148. The fraction of sp³-hybridized carbons (Fsp3) is 0.875. The predicted octanol–water partition coefficient (Wildman–Crippen LogP) is 6.23. The van der Waals surface area contributed by atoms with Gasteiger partial charge in [0.15, 0.2) is 8.07 Å². The highest BCUT2D eigenvalue weighted by Crippen LogP contribution is 2.74. The van der Waals surface area contributed by atoms with Crippen LogP contribution in [0.2, 0.25) is 83.6 Å². The molecule has 0 bridgehead atoms. The van der Waals surface area contributed by atoms with Crippen molar-refractivity contribution in [1.82, 2.24) is 0 Å². The zero-order chi connectivity index (χ0) is 17.9. The summed E-state index contributed by atoms with van der Waals surface area (Å²) in [6.45, 7) is 29.6. The molecule has 0 N–H and O–H groups in total. The molecule has 0 spiro atoms. The van der Waals surface area contributed by atoms with Crippen LogP contribution in [0, 0.1) is 5.39 Å². The van der Waals surface area contributed by atoms with Crippen LogP contribution in [0.5, 0.6) is 0 Å². The second-order valence-corrected chi connectivity index (χ2v) is 31.8. The van der Waals surface area contributed by atoms with E-state index in [1.54, 1.807) is 10.4 Å². The highest BCUT2D eigenvalue weighted by Gasteiger charge is 2.76. The minimum Gasteiger partial charge on any atom is -0.0705 e. The van der Waals surface area contributed by atoms with Gasteiger partial charge in [-0.3, -0.25) is 0 Å². The van der Waals surface area contributed by atoms with E-state index in [4.69, 9.17) is 0 Å². The molecule has 0 aromatic heterocycles. The first-order chi connectivity index (χ1) is 9.43.